The molecule has 1 aromatic rings. The lowest BCUT2D eigenvalue weighted by molar-refractivity contribution is -0.117. The van der Waals surface area contributed by atoms with Crippen LogP contribution in [0.25, 0.3) is 0 Å². The number of hydrogen-bond acceptors (Lipinski definition) is 5. The second kappa shape index (κ2) is 6.90. The van der Waals surface area contributed by atoms with E-state index in [-0.39, 0.29) is 6.42 Å². The number of nitrogens with two attached hydrogens (primary N) is 1. The third-order valence-corrected chi connectivity index (χ3v) is 3.92. The molecule has 20 heavy (non-hydrogen) atoms. The molecule has 0 bridgehead atoms. The molecule has 3 N–H and O–H groups in total. The van der Waals surface area contributed by atoms with Crippen LogP contribution < -0.4 is 15.8 Å². The van der Waals surface area contributed by atoms with Crippen LogP contribution in [0.4, 0.5) is 5.69 Å². The zero-order chi connectivity index (χ0) is 15.2. The Morgan fingerprint density at radius 2 is 1.95 bits per heavy atom. The molecule has 0 atom stereocenters. The van der Waals surface area contributed by atoms with Crippen LogP contribution >= 0.6 is 0 Å². The first kappa shape index (κ1) is 16.0. The molecule has 110 valence electrons. The Hall–Kier alpha value is -2.09. The third kappa shape index (κ3) is 5.27. The lowest BCUT2D eigenvalue weighted by Gasteiger charge is -2.09. The van der Waals surface area contributed by atoms with Gasteiger partial charge in [0.25, 0.3) is 0 Å². The van der Waals surface area contributed by atoms with Crippen LogP contribution in [0.3, 0.4) is 0 Å². The van der Waals surface area contributed by atoms with E-state index < -0.39 is 33.2 Å². The summed E-state index contributed by atoms with van der Waals surface area (Å²) in [6.07, 6.45) is -0.301. The van der Waals surface area contributed by atoms with E-state index >= 15 is 0 Å². The van der Waals surface area contributed by atoms with Gasteiger partial charge in [0.1, 0.15) is 11.5 Å². The van der Waals surface area contributed by atoms with Crippen molar-refractivity contribution in [2.45, 2.75) is 6.42 Å². The number of para-hydroxylation sites is 2. The van der Waals surface area contributed by atoms with Gasteiger partial charge in [0, 0.05) is 6.42 Å². The molecule has 0 saturated carbocycles. The molecular formula is C12H16N2O5S. The van der Waals surface area contributed by atoms with Crippen molar-refractivity contribution in [3.63, 3.8) is 0 Å². The number of ether oxygens (including phenoxy) is 1. The SMILES string of the molecule is COc1ccccc1NC(=O)CS(=O)(=O)CCC(N)=O. The molecule has 1 rings (SSSR count). The molecule has 0 fully saturated rings. The Bertz CT molecular complexity index is 598. The molecule has 0 aliphatic rings. The normalized spacial score (nSPS) is 10.8. The van der Waals surface area contributed by atoms with E-state index in [1.807, 2.05) is 0 Å². The van der Waals surface area contributed by atoms with Crippen molar-refractivity contribution in [3.8, 4) is 5.75 Å². The summed E-state index contributed by atoms with van der Waals surface area (Å²) in [4.78, 5) is 22.2. The molecule has 0 aliphatic heterocycles. The molecule has 7 nitrogen and oxygen atoms in total. The molecule has 0 saturated heterocycles. The van der Waals surface area contributed by atoms with Gasteiger partial charge in [0.2, 0.25) is 11.8 Å². The lowest BCUT2D eigenvalue weighted by Crippen LogP contribution is -2.26. The monoisotopic (exact) mass is 300 g/mol. The lowest BCUT2D eigenvalue weighted by atomic mass is 10.3. The molecule has 8 heteroatoms. The third-order valence-electron chi connectivity index (χ3n) is 2.39. The van der Waals surface area contributed by atoms with Crippen molar-refractivity contribution in [3.05, 3.63) is 24.3 Å². The highest BCUT2D eigenvalue weighted by atomic mass is 32.2. The van der Waals surface area contributed by atoms with Gasteiger partial charge < -0.3 is 15.8 Å². The van der Waals surface area contributed by atoms with Crippen LogP contribution in [-0.4, -0.2) is 38.8 Å². The van der Waals surface area contributed by atoms with Gasteiger partial charge in [-0.15, -0.1) is 0 Å². The fourth-order valence-electron chi connectivity index (χ4n) is 1.46. The fraction of sp³-hybridized carbons (Fsp3) is 0.333. The van der Waals surface area contributed by atoms with Crippen LogP contribution in [0.15, 0.2) is 24.3 Å². The van der Waals surface area contributed by atoms with E-state index in [1.54, 1.807) is 24.3 Å². The average molecular weight is 300 g/mol. The topological polar surface area (TPSA) is 116 Å². The van der Waals surface area contributed by atoms with E-state index in [4.69, 9.17) is 10.5 Å². The highest BCUT2D eigenvalue weighted by Gasteiger charge is 2.18. The minimum absolute atomic E-state index is 0.301. The maximum Gasteiger partial charge on any atom is 0.239 e. The van der Waals surface area contributed by atoms with E-state index in [0.717, 1.165) is 0 Å². The zero-order valence-corrected chi connectivity index (χ0v) is 11.8. The first-order valence-corrected chi connectivity index (χ1v) is 7.58. The van der Waals surface area contributed by atoms with Gasteiger partial charge in [-0.3, -0.25) is 9.59 Å². The molecule has 0 spiro atoms. The number of anilines is 1. The van der Waals surface area contributed by atoms with Gasteiger partial charge in [-0.2, -0.15) is 0 Å². The van der Waals surface area contributed by atoms with Crippen molar-refractivity contribution in [1.82, 2.24) is 0 Å². The van der Waals surface area contributed by atoms with Crippen molar-refractivity contribution in [1.29, 1.82) is 0 Å². The number of methoxy groups -OCH3 is 1. The van der Waals surface area contributed by atoms with Gasteiger partial charge in [0.05, 0.1) is 18.6 Å². The smallest absolute Gasteiger partial charge is 0.239 e. The van der Waals surface area contributed by atoms with Crippen LogP contribution in [0.2, 0.25) is 0 Å². The van der Waals surface area contributed by atoms with Crippen LogP contribution in [0.5, 0.6) is 5.75 Å². The summed E-state index contributed by atoms with van der Waals surface area (Å²) in [5, 5.41) is 2.45. The predicted molar refractivity (Wildman–Crippen MR) is 74.1 cm³/mol. The first-order valence-electron chi connectivity index (χ1n) is 5.75. The number of nitrogens with one attached hydrogen (secondary N) is 1. The van der Waals surface area contributed by atoms with Crippen molar-refractivity contribution < 1.29 is 22.7 Å². The summed E-state index contributed by atoms with van der Waals surface area (Å²) >= 11 is 0. The molecule has 0 heterocycles. The van der Waals surface area contributed by atoms with Gasteiger partial charge >= 0.3 is 0 Å². The van der Waals surface area contributed by atoms with Crippen molar-refractivity contribution in [2.75, 3.05) is 23.9 Å². The summed E-state index contributed by atoms with van der Waals surface area (Å²) < 4.78 is 28.2. The van der Waals surface area contributed by atoms with E-state index in [0.29, 0.717) is 11.4 Å². The maximum atomic E-state index is 11.7. The minimum Gasteiger partial charge on any atom is -0.495 e. The minimum atomic E-state index is -3.67. The predicted octanol–water partition coefficient (Wildman–Crippen LogP) is -0.0761. The van der Waals surface area contributed by atoms with Crippen LogP contribution in [-0.2, 0) is 19.4 Å². The Labute approximate surface area is 117 Å². The highest BCUT2D eigenvalue weighted by molar-refractivity contribution is 7.92. The van der Waals surface area contributed by atoms with E-state index in [2.05, 4.69) is 5.32 Å². The largest absolute Gasteiger partial charge is 0.495 e. The number of primary amides is 1. The second-order valence-electron chi connectivity index (χ2n) is 4.06. The molecular weight excluding hydrogens is 284 g/mol. The number of amides is 2. The summed E-state index contributed by atoms with van der Waals surface area (Å²) in [5.41, 5.74) is 5.25. The van der Waals surface area contributed by atoms with E-state index in [1.165, 1.54) is 7.11 Å². The molecule has 0 aromatic heterocycles. The molecule has 0 radical (unpaired) electrons. The molecule has 2 amide bonds. The van der Waals surface area contributed by atoms with Gasteiger partial charge in [0.15, 0.2) is 9.84 Å². The van der Waals surface area contributed by atoms with Gasteiger partial charge in [-0.1, -0.05) is 12.1 Å². The Morgan fingerprint density at radius 1 is 1.30 bits per heavy atom. The highest BCUT2D eigenvalue weighted by Crippen LogP contribution is 2.22. The van der Waals surface area contributed by atoms with Crippen LogP contribution in [0.1, 0.15) is 6.42 Å². The summed E-state index contributed by atoms with van der Waals surface area (Å²) in [6, 6.07) is 6.63. The summed E-state index contributed by atoms with van der Waals surface area (Å²) in [5.74, 6) is -2.15. The first-order chi connectivity index (χ1) is 9.34. The fourth-order valence-corrected chi connectivity index (χ4v) is 2.59. The van der Waals surface area contributed by atoms with Gasteiger partial charge in [-0.25, -0.2) is 8.42 Å². The summed E-state index contributed by atoms with van der Waals surface area (Å²) in [6.45, 7) is 0. The number of hydrogen-bond donors (Lipinski definition) is 2. The number of carbonyl (C=O) groups is 2. The number of sulfone groups is 1. The zero-order valence-electron chi connectivity index (χ0n) is 11.0. The van der Waals surface area contributed by atoms with E-state index in [9.17, 15) is 18.0 Å². The maximum absolute atomic E-state index is 11.7. The summed E-state index contributed by atoms with van der Waals surface area (Å²) in [7, 11) is -2.23. The average Bonchev–Trinajstić information content (AvgIpc) is 2.36. The van der Waals surface area contributed by atoms with Crippen molar-refractivity contribution in [2.24, 2.45) is 5.73 Å². The number of carbonyl (C=O) groups excluding carboxylic acids is 2. The van der Waals surface area contributed by atoms with Crippen LogP contribution in [0, 0.1) is 0 Å². The number of rotatable bonds is 7. The Balaban J connectivity index is 2.66. The second-order valence-corrected chi connectivity index (χ2v) is 6.24. The Kier molecular flexibility index (Phi) is 5.51. The molecule has 1 aromatic carbocycles. The Morgan fingerprint density at radius 3 is 2.55 bits per heavy atom. The van der Waals surface area contributed by atoms with Gasteiger partial charge in [-0.05, 0) is 12.1 Å². The molecule has 0 aliphatic carbocycles. The molecule has 0 unspecified atom stereocenters. The number of benzene rings is 1. The standard InChI is InChI=1S/C12H16N2O5S/c1-19-10-5-3-2-4-9(10)14-12(16)8-20(17,18)7-6-11(13)15/h2-5H,6-8H2,1H3,(H2,13,15)(H,14,16). The van der Waals surface area contributed by atoms with Crippen molar-refractivity contribution >= 4 is 27.3 Å². The quantitative estimate of drug-likeness (QED) is 0.731.